The van der Waals surface area contributed by atoms with E-state index in [1.165, 1.54) is 4.68 Å². The molecule has 4 aromatic rings. The number of aryl methyl sites for hydroxylation is 2. The molecule has 3 amide bonds. The Bertz CT molecular complexity index is 1380. The molecule has 0 aliphatic heterocycles. The van der Waals surface area contributed by atoms with Crippen molar-refractivity contribution in [1.82, 2.24) is 9.99 Å². The van der Waals surface area contributed by atoms with Gasteiger partial charge in [-0.1, -0.05) is 64.5 Å². The number of benzene rings is 3. The van der Waals surface area contributed by atoms with Crippen LogP contribution in [0.3, 0.4) is 0 Å². The first kappa shape index (κ1) is 23.3. The van der Waals surface area contributed by atoms with Crippen molar-refractivity contribution in [1.29, 1.82) is 0 Å². The summed E-state index contributed by atoms with van der Waals surface area (Å²) in [7, 11) is 0. The van der Waals surface area contributed by atoms with E-state index < -0.39 is 17.7 Å². The van der Waals surface area contributed by atoms with Gasteiger partial charge in [0.15, 0.2) is 0 Å². The minimum Gasteiger partial charge on any atom is -0.344 e. The van der Waals surface area contributed by atoms with E-state index in [2.05, 4.69) is 32.0 Å². The zero-order valence-corrected chi connectivity index (χ0v) is 20.3. The molecule has 1 heterocycles. The Balaban J connectivity index is 1.60. The number of aromatic nitrogens is 1. The van der Waals surface area contributed by atoms with Gasteiger partial charge in [0.1, 0.15) is 5.69 Å². The van der Waals surface area contributed by atoms with Gasteiger partial charge in [-0.3, -0.25) is 19.8 Å². The summed E-state index contributed by atoms with van der Waals surface area (Å²) in [5, 5.41) is 6.26. The number of carbonyl (C=O) groups is 3. The second-order valence-electron chi connectivity index (χ2n) is 7.90. The van der Waals surface area contributed by atoms with Crippen molar-refractivity contribution in [3.63, 3.8) is 0 Å². The minimum absolute atomic E-state index is 0.194. The summed E-state index contributed by atoms with van der Waals surface area (Å²) >= 11 is 3.43. The van der Waals surface area contributed by atoms with Crippen molar-refractivity contribution >= 4 is 50.2 Å². The molecule has 0 aliphatic rings. The summed E-state index contributed by atoms with van der Waals surface area (Å²) < 4.78 is 2.17. The average Bonchev–Trinajstić information content (AvgIpc) is 3.17. The summed E-state index contributed by atoms with van der Waals surface area (Å²) in [6.45, 7) is 4.04. The van der Waals surface area contributed by atoms with Crippen LogP contribution in [-0.4, -0.2) is 22.4 Å². The van der Waals surface area contributed by atoms with Gasteiger partial charge < -0.3 is 10.6 Å². The molecule has 0 saturated carbocycles. The van der Waals surface area contributed by atoms with Gasteiger partial charge in [0, 0.05) is 22.1 Å². The van der Waals surface area contributed by atoms with Crippen LogP contribution < -0.4 is 16.1 Å². The lowest BCUT2D eigenvalue weighted by Gasteiger charge is -2.14. The van der Waals surface area contributed by atoms with E-state index in [0.29, 0.717) is 11.2 Å². The van der Waals surface area contributed by atoms with Crippen LogP contribution in [0.4, 0.5) is 5.69 Å². The Kier molecular flexibility index (Phi) is 6.79. The smallest absolute Gasteiger partial charge is 0.328 e. The molecule has 0 bridgehead atoms. The standard InChI is InChI=1S/C26H23BrN4O3/c1-16-7-6-8-17(2)23(16)29-24(32)22-14-19-13-20(27)11-12-21(19)31(22)30-26(34)25(33)28-15-18-9-4-3-5-10-18/h3-14H,15H2,1-2H3,(H,28,33)(H,29,32)(H,30,34). The molecule has 4 rings (SSSR count). The van der Waals surface area contributed by atoms with Crippen molar-refractivity contribution in [2.45, 2.75) is 20.4 Å². The second-order valence-corrected chi connectivity index (χ2v) is 8.81. The van der Waals surface area contributed by atoms with Gasteiger partial charge in [0.25, 0.3) is 5.91 Å². The lowest BCUT2D eigenvalue weighted by molar-refractivity contribution is -0.136. The molecule has 0 saturated heterocycles. The van der Waals surface area contributed by atoms with Crippen molar-refractivity contribution in [2.24, 2.45) is 0 Å². The van der Waals surface area contributed by atoms with Crippen LogP contribution in [0.1, 0.15) is 27.2 Å². The molecule has 0 aliphatic carbocycles. The molecule has 3 N–H and O–H groups in total. The summed E-state index contributed by atoms with van der Waals surface area (Å²) in [6, 6.07) is 22.1. The maximum atomic E-state index is 13.3. The van der Waals surface area contributed by atoms with Crippen LogP contribution in [0.2, 0.25) is 0 Å². The number of carbonyl (C=O) groups excluding carboxylic acids is 3. The van der Waals surface area contributed by atoms with Gasteiger partial charge in [0.05, 0.1) is 5.52 Å². The van der Waals surface area contributed by atoms with Crippen LogP contribution >= 0.6 is 15.9 Å². The molecule has 34 heavy (non-hydrogen) atoms. The fourth-order valence-corrected chi connectivity index (χ4v) is 4.05. The molecule has 0 spiro atoms. The van der Waals surface area contributed by atoms with Gasteiger partial charge in [-0.15, -0.1) is 0 Å². The third-order valence-electron chi connectivity index (χ3n) is 5.43. The first-order valence-electron chi connectivity index (χ1n) is 10.6. The number of amides is 3. The van der Waals surface area contributed by atoms with Crippen molar-refractivity contribution in [2.75, 3.05) is 10.7 Å². The van der Waals surface area contributed by atoms with E-state index in [1.54, 1.807) is 18.2 Å². The Morgan fingerprint density at radius 2 is 1.56 bits per heavy atom. The lowest BCUT2D eigenvalue weighted by Crippen LogP contribution is -2.39. The Morgan fingerprint density at radius 3 is 2.26 bits per heavy atom. The number of anilines is 1. The maximum Gasteiger partial charge on any atom is 0.328 e. The number of hydrogen-bond acceptors (Lipinski definition) is 3. The minimum atomic E-state index is -0.877. The number of nitrogens with zero attached hydrogens (tertiary/aromatic N) is 1. The Morgan fingerprint density at radius 1 is 0.853 bits per heavy atom. The zero-order chi connectivity index (χ0) is 24.2. The van der Waals surface area contributed by atoms with E-state index >= 15 is 0 Å². The quantitative estimate of drug-likeness (QED) is 0.335. The highest BCUT2D eigenvalue weighted by atomic mass is 79.9. The highest BCUT2D eigenvalue weighted by Crippen LogP contribution is 2.25. The van der Waals surface area contributed by atoms with E-state index in [-0.39, 0.29) is 12.2 Å². The molecular weight excluding hydrogens is 496 g/mol. The van der Waals surface area contributed by atoms with Gasteiger partial charge in [-0.05, 0) is 54.8 Å². The topological polar surface area (TPSA) is 92.2 Å². The van der Waals surface area contributed by atoms with E-state index in [9.17, 15) is 14.4 Å². The third-order valence-corrected chi connectivity index (χ3v) is 5.92. The van der Waals surface area contributed by atoms with Crippen LogP contribution in [0.15, 0.2) is 77.3 Å². The van der Waals surface area contributed by atoms with Crippen molar-refractivity contribution in [3.05, 3.63) is 99.7 Å². The molecule has 3 aromatic carbocycles. The highest BCUT2D eigenvalue weighted by molar-refractivity contribution is 9.10. The van der Waals surface area contributed by atoms with E-state index in [0.717, 1.165) is 26.5 Å². The summed E-state index contributed by atoms with van der Waals surface area (Å²) in [6.07, 6.45) is 0. The average molecular weight is 519 g/mol. The summed E-state index contributed by atoms with van der Waals surface area (Å²) in [5.41, 5.74) is 6.77. The molecule has 0 fully saturated rings. The van der Waals surface area contributed by atoms with Crippen molar-refractivity contribution in [3.8, 4) is 0 Å². The number of para-hydroxylation sites is 1. The number of rotatable bonds is 5. The van der Waals surface area contributed by atoms with Crippen LogP contribution in [-0.2, 0) is 16.1 Å². The Hall–Kier alpha value is -3.91. The van der Waals surface area contributed by atoms with E-state index in [1.807, 2.05) is 68.4 Å². The number of fused-ring (bicyclic) bond motifs is 1. The fourth-order valence-electron chi connectivity index (χ4n) is 3.67. The highest BCUT2D eigenvalue weighted by Gasteiger charge is 2.21. The summed E-state index contributed by atoms with van der Waals surface area (Å²) in [4.78, 5) is 38.4. The number of hydrogen-bond donors (Lipinski definition) is 3. The van der Waals surface area contributed by atoms with Gasteiger partial charge in [0.2, 0.25) is 0 Å². The molecule has 172 valence electrons. The van der Waals surface area contributed by atoms with Crippen LogP contribution in [0.25, 0.3) is 10.9 Å². The SMILES string of the molecule is Cc1cccc(C)c1NC(=O)c1cc2cc(Br)ccc2n1NC(=O)C(=O)NCc1ccccc1. The normalized spacial score (nSPS) is 10.7. The third kappa shape index (κ3) is 5.02. The zero-order valence-electron chi connectivity index (χ0n) is 18.7. The summed E-state index contributed by atoms with van der Waals surface area (Å²) in [5.74, 6) is -2.09. The number of halogens is 1. The predicted octanol–water partition coefficient (Wildman–Crippen LogP) is 4.66. The molecular formula is C26H23BrN4O3. The maximum absolute atomic E-state index is 13.3. The van der Waals surface area contributed by atoms with Gasteiger partial charge in [-0.25, -0.2) is 4.68 Å². The van der Waals surface area contributed by atoms with Crippen LogP contribution in [0, 0.1) is 13.8 Å². The second kappa shape index (κ2) is 9.93. The predicted molar refractivity (Wildman–Crippen MR) is 136 cm³/mol. The largest absolute Gasteiger partial charge is 0.344 e. The first-order chi connectivity index (χ1) is 16.3. The lowest BCUT2D eigenvalue weighted by atomic mass is 10.1. The molecule has 0 radical (unpaired) electrons. The monoisotopic (exact) mass is 518 g/mol. The van der Waals surface area contributed by atoms with E-state index in [4.69, 9.17) is 0 Å². The molecule has 0 unspecified atom stereocenters. The van der Waals surface area contributed by atoms with Crippen molar-refractivity contribution < 1.29 is 14.4 Å². The fraction of sp³-hybridized carbons (Fsp3) is 0.115. The Labute approximate surface area is 205 Å². The molecule has 8 heteroatoms. The van der Waals surface area contributed by atoms with Gasteiger partial charge in [-0.2, -0.15) is 0 Å². The first-order valence-corrected chi connectivity index (χ1v) is 11.4. The molecule has 0 atom stereocenters. The van der Waals surface area contributed by atoms with Gasteiger partial charge >= 0.3 is 11.8 Å². The van der Waals surface area contributed by atoms with Crippen LogP contribution in [0.5, 0.6) is 0 Å². The molecule has 7 nitrogen and oxygen atoms in total. The molecule has 1 aromatic heterocycles. The number of nitrogens with one attached hydrogen (secondary N) is 3.